The van der Waals surface area contributed by atoms with Crippen molar-refractivity contribution in [3.05, 3.63) is 0 Å². The van der Waals surface area contributed by atoms with Crippen LogP contribution < -0.4 is 0 Å². The van der Waals surface area contributed by atoms with Crippen molar-refractivity contribution in [2.75, 3.05) is 0 Å². The molecule has 0 aromatic rings. The van der Waals surface area contributed by atoms with Crippen molar-refractivity contribution in [3.8, 4) is 0 Å². The predicted octanol–water partition coefficient (Wildman–Crippen LogP) is 8.65. The van der Waals surface area contributed by atoms with Gasteiger partial charge < -0.3 is 19.3 Å². The average Bonchev–Trinajstić information content (AvgIpc) is 2.86. The maximum absolute atomic E-state index is 13.6. The molecule has 19 heteroatoms. The first-order chi connectivity index (χ1) is 20.8. The van der Waals surface area contributed by atoms with E-state index in [1.54, 1.807) is 0 Å². The van der Waals surface area contributed by atoms with E-state index in [4.69, 9.17) is 0 Å². The van der Waals surface area contributed by atoms with Gasteiger partial charge in [-0.25, -0.2) is 0 Å². The number of rotatable bonds is 11. The highest BCUT2D eigenvalue weighted by Gasteiger charge is 2.82. The third-order valence-corrected chi connectivity index (χ3v) is 7.71. The fourth-order valence-electron chi connectivity index (χ4n) is 3.54. The number of hydrogen-bond donors (Lipinski definition) is 1. The lowest BCUT2D eigenvalue weighted by Crippen LogP contribution is -2.72. The van der Waals surface area contributed by atoms with Crippen molar-refractivity contribution < 1.29 is 86.4 Å². The van der Waals surface area contributed by atoms with Gasteiger partial charge in [0.05, 0.1) is 16.7 Å². The van der Waals surface area contributed by atoms with E-state index < -0.39 is 88.2 Å². The molecule has 0 bridgehead atoms. The van der Waals surface area contributed by atoms with Gasteiger partial charge in [0.1, 0.15) is 0 Å². The van der Waals surface area contributed by atoms with Gasteiger partial charge in [0.15, 0.2) is 11.7 Å². The lowest BCUT2D eigenvalue weighted by molar-refractivity contribution is -0.408. The van der Waals surface area contributed by atoms with Gasteiger partial charge in [0.25, 0.3) is 5.60 Å². The van der Waals surface area contributed by atoms with Gasteiger partial charge in [-0.3, -0.25) is 14.4 Å². The molecule has 0 radical (unpaired) electrons. The van der Waals surface area contributed by atoms with Crippen LogP contribution in [0.15, 0.2) is 0 Å². The normalized spacial score (nSPS) is 15.1. The number of aliphatic hydroxyl groups is 1. The fourth-order valence-corrected chi connectivity index (χ4v) is 3.54. The monoisotopic (exact) mass is 732 g/mol. The molecule has 0 fully saturated rings. The quantitative estimate of drug-likeness (QED) is 0.129. The van der Waals surface area contributed by atoms with Crippen LogP contribution in [0.1, 0.15) is 95.9 Å². The number of carbonyl (C=O) groups excluding carboxylic acids is 3. The molecule has 286 valence electrons. The minimum Gasteiger partial charge on any atom is -0.458 e. The highest BCUT2D eigenvalue weighted by atomic mass is 19.4. The Morgan fingerprint density at radius 2 is 0.917 bits per heavy atom. The summed E-state index contributed by atoms with van der Waals surface area (Å²) in [7, 11) is 0. The van der Waals surface area contributed by atoms with E-state index in [9.17, 15) is 72.2 Å². The summed E-state index contributed by atoms with van der Waals surface area (Å²) in [4.78, 5) is 35.7. The van der Waals surface area contributed by atoms with Crippen LogP contribution in [-0.2, 0) is 28.6 Å². The number of esters is 3. The van der Waals surface area contributed by atoms with Gasteiger partial charge in [0.2, 0.25) is 0 Å². The summed E-state index contributed by atoms with van der Waals surface area (Å²) < 4.78 is 172. The average molecular weight is 733 g/mol. The Labute approximate surface area is 271 Å². The second-order valence-electron chi connectivity index (χ2n) is 13.5. The van der Waals surface area contributed by atoms with Crippen LogP contribution >= 0.6 is 0 Å². The summed E-state index contributed by atoms with van der Waals surface area (Å²) in [5.74, 6) is -6.91. The highest BCUT2D eigenvalue weighted by Crippen LogP contribution is 2.54. The van der Waals surface area contributed by atoms with Gasteiger partial charge in [-0.1, -0.05) is 41.5 Å². The molecule has 0 aliphatic heterocycles. The predicted molar refractivity (Wildman–Crippen MR) is 146 cm³/mol. The van der Waals surface area contributed by atoms with Crippen molar-refractivity contribution in [3.63, 3.8) is 0 Å². The first-order valence-electron chi connectivity index (χ1n) is 14.5. The number of alkyl halides is 12. The molecule has 1 unspecified atom stereocenters. The summed E-state index contributed by atoms with van der Waals surface area (Å²) in [6.07, 6.45) is -26.8. The van der Waals surface area contributed by atoms with E-state index in [0.717, 1.165) is 27.7 Å². The highest BCUT2D eigenvalue weighted by molar-refractivity contribution is 5.77. The van der Waals surface area contributed by atoms with Crippen molar-refractivity contribution in [1.82, 2.24) is 0 Å². The van der Waals surface area contributed by atoms with Crippen molar-refractivity contribution in [2.24, 2.45) is 22.7 Å². The van der Waals surface area contributed by atoms with E-state index in [-0.39, 0.29) is 12.8 Å². The molecule has 0 aromatic carbocycles. The molecule has 1 N–H and O–H groups in total. The molecule has 0 saturated carbocycles. The zero-order chi connectivity index (χ0) is 39.5. The van der Waals surface area contributed by atoms with E-state index in [1.165, 1.54) is 41.5 Å². The largest absolute Gasteiger partial charge is 0.458 e. The maximum Gasteiger partial charge on any atom is 0.441 e. The van der Waals surface area contributed by atoms with Crippen LogP contribution in [0.25, 0.3) is 0 Å². The maximum atomic E-state index is 13.6. The topological polar surface area (TPSA) is 99.1 Å². The molecule has 0 rings (SSSR count). The van der Waals surface area contributed by atoms with Gasteiger partial charge >= 0.3 is 48.2 Å². The van der Waals surface area contributed by atoms with Crippen molar-refractivity contribution in [1.29, 1.82) is 0 Å². The molecule has 0 aliphatic rings. The first kappa shape index (κ1) is 47.6. The van der Waals surface area contributed by atoms with Crippen molar-refractivity contribution in [2.45, 2.75) is 144 Å². The van der Waals surface area contributed by atoms with Gasteiger partial charge in [-0.15, -0.1) is 0 Å². The van der Waals surface area contributed by atoms with E-state index in [0.29, 0.717) is 13.8 Å². The zero-order valence-electron chi connectivity index (χ0n) is 28.6. The Kier molecular flexibility index (Phi) is 15.1. The lowest BCUT2D eigenvalue weighted by Gasteiger charge is -2.46. The van der Waals surface area contributed by atoms with Gasteiger partial charge in [-0.2, -0.15) is 52.7 Å². The third-order valence-electron chi connectivity index (χ3n) is 7.71. The second kappa shape index (κ2) is 15.2. The summed E-state index contributed by atoms with van der Waals surface area (Å²) >= 11 is 0. The van der Waals surface area contributed by atoms with E-state index >= 15 is 0 Å². The van der Waals surface area contributed by atoms with Crippen LogP contribution in [-0.4, -0.2) is 70.6 Å². The standard InChI is InChI=1S/C16H24F6O4.C13H20F6O3/c1-8-12(4,5)11(24)26-13(6,7)14(15(17,18)19,16(20,21)22)25-10(23)9(2)3;1-6-10(4,5)9(20)22-8(7(2)3)11(21,12(14,15)16)13(17,18)19/h9H,8H2,1-7H3;7-8,21H,6H2,1-5H3. The SMILES string of the molecule is CCC(C)(C)C(=O)OC(C(C)C)C(O)(C(F)(F)F)C(F)(F)F.CCC(C)(C)C(=O)OC(C)(C)C(OC(=O)C(C)C)(C(F)(F)F)C(F)(F)F. The smallest absolute Gasteiger partial charge is 0.441 e. The summed E-state index contributed by atoms with van der Waals surface area (Å²) in [6, 6.07) is 0. The molecule has 0 saturated heterocycles. The summed E-state index contributed by atoms with van der Waals surface area (Å²) in [5.41, 5.74) is -16.0. The number of ether oxygens (including phenoxy) is 3. The van der Waals surface area contributed by atoms with Crippen LogP contribution in [0.5, 0.6) is 0 Å². The number of halogens is 12. The van der Waals surface area contributed by atoms with E-state index in [2.05, 4.69) is 14.2 Å². The Morgan fingerprint density at radius 1 is 0.583 bits per heavy atom. The zero-order valence-corrected chi connectivity index (χ0v) is 28.6. The second-order valence-corrected chi connectivity index (χ2v) is 13.5. The molecule has 0 aromatic heterocycles. The molecule has 0 spiro atoms. The van der Waals surface area contributed by atoms with Gasteiger partial charge in [0, 0.05) is 0 Å². The Balaban J connectivity index is 0. The van der Waals surface area contributed by atoms with Crippen LogP contribution in [0.4, 0.5) is 52.7 Å². The lowest BCUT2D eigenvalue weighted by atomic mass is 9.82. The molecular formula is C29H44F12O7. The molecule has 7 nitrogen and oxygen atoms in total. The molecule has 0 aliphatic carbocycles. The Morgan fingerprint density at radius 3 is 1.17 bits per heavy atom. The molecule has 0 amide bonds. The summed E-state index contributed by atoms with van der Waals surface area (Å²) in [5, 5.41) is 9.37. The first-order valence-corrected chi connectivity index (χ1v) is 14.5. The minimum absolute atomic E-state index is 0.110. The van der Waals surface area contributed by atoms with Crippen LogP contribution in [0.2, 0.25) is 0 Å². The molecular weight excluding hydrogens is 688 g/mol. The van der Waals surface area contributed by atoms with Crippen LogP contribution in [0.3, 0.4) is 0 Å². The number of carbonyl (C=O) groups is 3. The summed E-state index contributed by atoms with van der Waals surface area (Å²) in [6.45, 7) is 13.3. The molecule has 48 heavy (non-hydrogen) atoms. The van der Waals surface area contributed by atoms with Crippen LogP contribution in [0, 0.1) is 22.7 Å². The third kappa shape index (κ3) is 10.0. The van der Waals surface area contributed by atoms with Crippen molar-refractivity contribution >= 4 is 17.9 Å². The minimum atomic E-state index is -6.09. The molecule has 0 heterocycles. The fraction of sp³-hybridized carbons (Fsp3) is 0.897. The van der Waals surface area contributed by atoms with E-state index in [1.807, 2.05) is 0 Å². The molecule has 1 atom stereocenters. The number of hydrogen-bond acceptors (Lipinski definition) is 7. The van der Waals surface area contributed by atoms with Gasteiger partial charge in [-0.05, 0) is 60.3 Å². The Hall–Kier alpha value is -2.47. The Bertz CT molecular complexity index is 1070.